The zero-order valence-corrected chi connectivity index (χ0v) is 17.0. The Morgan fingerprint density at radius 2 is 1.48 bits per heavy atom. The summed E-state index contributed by atoms with van der Waals surface area (Å²) >= 11 is 0. The molecule has 1 aromatic carbocycles. The zero-order valence-electron chi connectivity index (χ0n) is 17.0. The fourth-order valence-electron chi connectivity index (χ4n) is 2.91. The van der Waals surface area contributed by atoms with Crippen LogP contribution in [0.4, 0.5) is 0 Å². The van der Waals surface area contributed by atoms with E-state index in [2.05, 4.69) is 21.9 Å². The van der Waals surface area contributed by atoms with E-state index in [0.29, 0.717) is 13.2 Å². The molecule has 0 unspecified atom stereocenters. The van der Waals surface area contributed by atoms with Gasteiger partial charge in [-0.3, -0.25) is 9.80 Å². The maximum atomic E-state index is 11.6. The Morgan fingerprint density at radius 3 is 2.04 bits per heavy atom. The summed E-state index contributed by atoms with van der Waals surface area (Å²) in [6, 6.07) is 10.3. The van der Waals surface area contributed by atoms with E-state index >= 15 is 0 Å². The molecule has 0 amide bonds. The molecule has 1 aliphatic rings. The van der Waals surface area contributed by atoms with Crippen molar-refractivity contribution < 1.29 is 19.0 Å². The number of nitrogens with zero attached hydrogens (tertiary/aromatic N) is 2. The first-order valence-electron chi connectivity index (χ1n) is 9.78. The molecule has 6 nitrogen and oxygen atoms in total. The molecule has 2 rings (SSSR count). The average Bonchev–Trinajstić information content (AvgIpc) is 2.63. The highest BCUT2D eigenvalue weighted by Crippen LogP contribution is 2.07. The first kappa shape index (κ1) is 21.8. The number of carbonyl (C=O) groups excluding carboxylic acids is 1. The molecule has 0 N–H and O–H groups in total. The van der Waals surface area contributed by atoms with Crippen LogP contribution in [0, 0.1) is 0 Å². The van der Waals surface area contributed by atoms with E-state index in [4.69, 9.17) is 14.2 Å². The quantitative estimate of drug-likeness (QED) is 0.459. The SMILES string of the molecule is CC(C)(C)OC(=O)COCCN1CCN(CCOCc2ccccc2)CC1. The van der Waals surface area contributed by atoms with Gasteiger partial charge in [0.05, 0.1) is 19.8 Å². The molecule has 1 aliphatic heterocycles. The molecule has 0 atom stereocenters. The van der Waals surface area contributed by atoms with Gasteiger partial charge in [0.25, 0.3) is 0 Å². The van der Waals surface area contributed by atoms with Crippen molar-refractivity contribution in [2.45, 2.75) is 33.0 Å². The Labute approximate surface area is 163 Å². The molecule has 6 heteroatoms. The molecule has 0 aromatic heterocycles. The van der Waals surface area contributed by atoms with Crippen molar-refractivity contribution in [3.05, 3.63) is 35.9 Å². The minimum absolute atomic E-state index is 0.0238. The summed E-state index contributed by atoms with van der Waals surface area (Å²) < 4.78 is 16.4. The lowest BCUT2D eigenvalue weighted by Gasteiger charge is -2.34. The van der Waals surface area contributed by atoms with Crippen LogP contribution in [0.15, 0.2) is 30.3 Å². The Balaban J connectivity index is 1.47. The molecule has 1 saturated heterocycles. The lowest BCUT2D eigenvalue weighted by atomic mass is 10.2. The highest BCUT2D eigenvalue weighted by Gasteiger charge is 2.18. The molecular weight excluding hydrogens is 344 g/mol. The monoisotopic (exact) mass is 378 g/mol. The lowest BCUT2D eigenvalue weighted by Crippen LogP contribution is -2.48. The molecule has 1 aromatic rings. The number of hydrogen-bond donors (Lipinski definition) is 0. The minimum atomic E-state index is -0.457. The van der Waals surface area contributed by atoms with E-state index in [-0.39, 0.29) is 12.6 Å². The largest absolute Gasteiger partial charge is 0.458 e. The molecule has 0 radical (unpaired) electrons. The highest BCUT2D eigenvalue weighted by molar-refractivity contribution is 5.71. The maximum Gasteiger partial charge on any atom is 0.332 e. The van der Waals surface area contributed by atoms with E-state index in [0.717, 1.165) is 45.9 Å². The summed E-state index contributed by atoms with van der Waals surface area (Å²) in [6.45, 7) is 13.5. The van der Waals surface area contributed by atoms with Crippen molar-refractivity contribution in [3.63, 3.8) is 0 Å². The summed E-state index contributed by atoms with van der Waals surface area (Å²) in [6.07, 6.45) is 0. The normalized spacial score (nSPS) is 16.4. The van der Waals surface area contributed by atoms with Gasteiger partial charge in [0, 0.05) is 39.3 Å². The van der Waals surface area contributed by atoms with Crippen molar-refractivity contribution in [1.82, 2.24) is 9.80 Å². The molecule has 1 heterocycles. The molecule has 0 saturated carbocycles. The number of rotatable bonds is 10. The predicted octanol–water partition coefficient (Wildman–Crippen LogP) is 2.18. The Bertz CT molecular complexity index is 537. The van der Waals surface area contributed by atoms with Crippen LogP contribution in [0.2, 0.25) is 0 Å². The van der Waals surface area contributed by atoms with Crippen molar-refractivity contribution in [1.29, 1.82) is 0 Å². The fraction of sp³-hybridized carbons (Fsp3) is 0.667. The van der Waals surface area contributed by atoms with Crippen LogP contribution in [-0.2, 0) is 25.6 Å². The standard InChI is InChI=1S/C21H34N2O4/c1-21(2,3)27-20(24)18-26-16-14-23-11-9-22(10-12-23)13-15-25-17-19-7-5-4-6-8-19/h4-8H,9-18H2,1-3H3. The molecule has 0 aliphatic carbocycles. The highest BCUT2D eigenvalue weighted by atomic mass is 16.6. The van der Waals surface area contributed by atoms with Gasteiger partial charge in [0.2, 0.25) is 0 Å². The van der Waals surface area contributed by atoms with Crippen LogP contribution < -0.4 is 0 Å². The summed E-state index contributed by atoms with van der Waals surface area (Å²) in [7, 11) is 0. The number of esters is 1. The number of piperazine rings is 1. The molecule has 1 fully saturated rings. The van der Waals surface area contributed by atoms with E-state index < -0.39 is 5.60 Å². The second-order valence-corrected chi connectivity index (χ2v) is 7.86. The van der Waals surface area contributed by atoms with Gasteiger partial charge < -0.3 is 14.2 Å². The number of ether oxygens (including phenoxy) is 3. The second kappa shape index (κ2) is 11.4. The van der Waals surface area contributed by atoms with Crippen molar-refractivity contribution >= 4 is 5.97 Å². The van der Waals surface area contributed by atoms with E-state index in [1.165, 1.54) is 5.56 Å². The first-order chi connectivity index (χ1) is 12.9. The van der Waals surface area contributed by atoms with Crippen LogP contribution in [-0.4, -0.2) is 80.5 Å². The number of benzene rings is 1. The van der Waals surface area contributed by atoms with Crippen LogP contribution in [0.3, 0.4) is 0 Å². The van der Waals surface area contributed by atoms with E-state index in [1.807, 2.05) is 39.0 Å². The Hall–Kier alpha value is -1.47. The van der Waals surface area contributed by atoms with Gasteiger partial charge in [-0.1, -0.05) is 30.3 Å². The van der Waals surface area contributed by atoms with E-state index in [9.17, 15) is 4.79 Å². The van der Waals surface area contributed by atoms with Crippen molar-refractivity contribution in [2.24, 2.45) is 0 Å². The van der Waals surface area contributed by atoms with Gasteiger partial charge in [0.15, 0.2) is 0 Å². The third-order valence-electron chi connectivity index (χ3n) is 4.32. The molecule has 27 heavy (non-hydrogen) atoms. The van der Waals surface area contributed by atoms with Gasteiger partial charge in [-0.25, -0.2) is 4.79 Å². The topological polar surface area (TPSA) is 51.2 Å². The Morgan fingerprint density at radius 1 is 0.926 bits per heavy atom. The number of carbonyl (C=O) groups is 1. The van der Waals surface area contributed by atoms with E-state index in [1.54, 1.807) is 0 Å². The summed E-state index contributed by atoms with van der Waals surface area (Å²) in [4.78, 5) is 16.4. The lowest BCUT2D eigenvalue weighted by molar-refractivity contribution is -0.160. The van der Waals surface area contributed by atoms with Crippen LogP contribution in [0.1, 0.15) is 26.3 Å². The first-order valence-corrected chi connectivity index (χ1v) is 9.78. The van der Waals surface area contributed by atoms with Crippen LogP contribution in [0.5, 0.6) is 0 Å². The van der Waals surface area contributed by atoms with Crippen LogP contribution in [0.25, 0.3) is 0 Å². The van der Waals surface area contributed by atoms with Gasteiger partial charge in [0.1, 0.15) is 12.2 Å². The van der Waals surface area contributed by atoms with Crippen molar-refractivity contribution in [3.8, 4) is 0 Å². The van der Waals surface area contributed by atoms with Gasteiger partial charge in [-0.05, 0) is 26.3 Å². The third kappa shape index (κ3) is 9.86. The van der Waals surface area contributed by atoms with Gasteiger partial charge in [-0.15, -0.1) is 0 Å². The van der Waals surface area contributed by atoms with Gasteiger partial charge >= 0.3 is 5.97 Å². The van der Waals surface area contributed by atoms with Gasteiger partial charge in [-0.2, -0.15) is 0 Å². The average molecular weight is 379 g/mol. The summed E-state index contributed by atoms with van der Waals surface area (Å²) in [5.41, 5.74) is 0.760. The fourth-order valence-corrected chi connectivity index (χ4v) is 2.91. The smallest absolute Gasteiger partial charge is 0.332 e. The number of hydrogen-bond acceptors (Lipinski definition) is 6. The zero-order chi connectivity index (χ0) is 19.5. The molecular formula is C21H34N2O4. The minimum Gasteiger partial charge on any atom is -0.458 e. The molecule has 0 spiro atoms. The molecule has 152 valence electrons. The summed E-state index contributed by atoms with van der Waals surface area (Å²) in [5, 5.41) is 0. The Kier molecular flexibility index (Phi) is 9.21. The van der Waals surface area contributed by atoms with Crippen LogP contribution >= 0.6 is 0 Å². The predicted molar refractivity (Wildman–Crippen MR) is 106 cm³/mol. The van der Waals surface area contributed by atoms with Crippen molar-refractivity contribution in [2.75, 3.05) is 59.1 Å². The third-order valence-corrected chi connectivity index (χ3v) is 4.32. The summed E-state index contributed by atoms with van der Waals surface area (Å²) in [5.74, 6) is -0.303. The molecule has 0 bridgehead atoms. The maximum absolute atomic E-state index is 11.6. The second-order valence-electron chi connectivity index (χ2n) is 7.86.